The highest BCUT2D eigenvalue weighted by Crippen LogP contribution is 2.28. The predicted octanol–water partition coefficient (Wildman–Crippen LogP) is 4.44. The standard InChI is InChI=1S/C19H16ClN3O2S/c1-25-17-9-8-13(12-15(17)20)23-18(24)14-6-2-3-7-16(14)22-19(23)26-11-5-4-10-21/h2-3,6-9,12H,4-5,11H2,1H3. The van der Waals surface area contributed by atoms with Crippen molar-refractivity contribution in [2.75, 3.05) is 12.9 Å². The zero-order valence-electron chi connectivity index (χ0n) is 14.1. The summed E-state index contributed by atoms with van der Waals surface area (Å²) >= 11 is 7.70. The Morgan fingerprint density at radius 3 is 2.85 bits per heavy atom. The van der Waals surface area contributed by atoms with Crippen molar-refractivity contribution >= 4 is 34.3 Å². The predicted molar refractivity (Wildman–Crippen MR) is 104 cm³/mol. The van der Waals surface area contributed by atoms with E-state index in [1.165, 1.54) is 11.8 Å². The molecule has 0 N–H and O–H groups in total. The van der Waals surface area contributed by atoms with Gasteiger partial charge in [0.25, 0.3) is 5.56 Å². The maximum absolute atomic E-state index is 13.1. The molecule has 5 nitrogen and oxygen atoms in total. The van der Waals surface area contributed by atoms with Crippen LogP contribution in [0, 0.1) is 11.3 Å². The molecule has 0 aliphatic carbocycles. The summed E-state index contributed by atoms with van der Waals surface area (Å²) in [7, 11) is 1.54. The van der Waals surface area contributed by atoms with Crippen molar-refractivity contribution in [3.8, 4) is 17.5 Å². The second-order valence-electron chi connectivity index (χ2n) is 5.48. The third-order valence-corrected chi connectivity index (χ3v) is 5.12. The molecule has 0 radical (unpaired) electrons. The number of para-hydroxylation sites is 1. The van der Waals surface area contributed by atoms with Crippen LogP contribution in [0.25, 0.3) is 16.6 Å². The molecule has 0 aliphatic rings. The van der Waals surface area contributed by atoms with Crippen molar-refractivity contribution in [3.05, 3.63) is 57.8 Å². The van der Waals surface area contributed by atoms with Gasteiger partial charge in [-0.3, -0.25) is 9.36 Å². The molecule has 132 valence electrons. The lowest BCUT2D eigenvalue weighted by Crippen LogP contribution is -2.21. The topological polar surface area (TPSA) is 67.9 Å². The van der Waals surface area contributed by atoms with Crippen LogP contribution in [-0.4, -0.2) is 22.4 Å². The first-order valence-electron chi connectivity index (χ1n) is 8.01. The first-order chi connectivity index (χ1) is 12.7. The molecule has 3 rings (SSSR count). The van der Waals surface area contributed by atoms with Gasteiger partial charge in [0, 0.05) is 12.2 Å². The summed E-state index contributed by atoms with van der Waals surface area (Å²) in [4.78, 5) is 17.7. The van der Waals surface area contributed by atoms with Crippen molar-refractivity contribution in [3.63, 3.8) is 0 Å². The Morgan fingerprint density at radius 2 is 2.12 bits per heavy atom. The number of ether oxygens (including phenoxy) is 1. The second-order valence-corrected chi connectivity index (χ2v) is 6.95. The van der Waals surface area contributed by atoms with Gasteiger partial charge >= 0.3 is 0 Å². The summed E-state index contributed by atoms with van der Waals surface area (Å²) in [5.74, 6) is 1.24. The molecule has 3 aromatic rings. The number of methoxy groups -OCH3 is 1. The van der Waals surface area contributed by atoms with Gasteiger partial charge in [-0.05, 0) is 36.8 Å². The van der Waals surface area contributed by atoms with Crippen LogP contribution in [0.1, 0.15) is 12.8 Å². The molecule has 0 aliphatic heterocycles. The number of nitriles is 1. The zero-order valence-corrected chi connectivity index (χ0v) is 15.7. The number of hydrogen-bond donors (Lipinski definition) is 0. The smallest absolute Gasteiger partial charge is 0.266 e. The number of rotatable bonds is 6. The van der Waals surface area contributed by atoms with Gasteiger partial charge in [-0.25, -0.2) is 4.98 Å². The van der Waals surface area contributed by atoms with Gasteiger partial charge in [-0.2, -0.15) is 5.26 Å². The average Bonchev–Trinajstić information content (AvgIpc) is 2.65. The molecule has 0 fully saturated rings. The van der Waals surface area contributed by atoms with E-state index in [-0.39, 0.29) is 5.56 Å². The molecular formula is C19H16ClN3O2S. The van der Waals surface area contributed by atoms with E-state index in [0.29, 0.717) is 44.7 Å². The van der Waals surface area contributed by atoms with E-state index in [1.807, 2.05) is 18.2 Å². The number of halogens is 1. The minimum Gasteiger partial charge on any atom is -0.495 e. The first-order valence-corrected chi connectivity index (χ1v) is 9.37. The summed E-state index contributed by atoms with van der Waals surface area (Å²) in [6.45, 7) is 0. The molecule has 26 heavy (non-hydrogen) atoms. The van der Waals surface area contributed by atoms with Crippen molar-refractivity contribution in [1.82, 2.24) is 9.55 Å². The average molecular weight is 386 g/mol. The lowest BCUT2D eigenvalue weighted by molar-refractivity contribution is 0.415. The molecule has 2 aromatic carbocycles. The van der Waals surface area contributed by atoms with E-state index in [2.05, 4.69) is 11.1 Å². The third kappa shape index (κ3) is 3.69. The van der Waals surface area contributed by atoms with Crippen LogP contribution in [-0.2, 0) is 0 Å². The minimum atomic E-state index is -0.153. The minimum absolute atomic E-state index is 0.153. The third-order valence-electron chi connectivity index (χ3n) is 3.80. The lowest BCUT2D eigenvalue weighted by Gasteiger charge is -2.14. The van der Waals surface area contributed by atoms with Crippen molar-refractivity contribution in [1.29, 1.82) is 5.26 Å². The summed E-state index contributed by atoms with van der Waals surface area (Å²) < 4.78 is 6.75. The summed E-state index contributed by atoms with van der Waals surface area (Å²) in [5, 5.41) is 10.2. The van der Waals surface area contributed by atoms with Crippen LogP contribution in [0.2, 0.25) is 5.02 Å². The Balaban J connectivity index is 2.14. The van der Waals surface area contributed by atoms with Crippen molar-refractivity contribution in [2.24, 2.45) is 0 Å². The van der Waals surface area contributed by atoms with E-state index in [0.717, 1.165) is 6.42 Å². The Kier molecular flexibility index (Phi) is 5.82. The lowest BCUT2D eigenvalue weighted by atomic mass is 10.2. The van der Waals surface area contributed by atoms with Crippen LogP contribution in [0.5, 0.6) is 5.75 Å². The Hall–Kier alpha value is -2.49. The number of benzene rings is 2. The Labute approximate surface area is 160 Å². The van der Waals surface area contributed by atoms with E-state index in [9.17, 15) is 4.79 Å². The van der Waals surface area contributed by atoms with Crippen LogP contribution < -0.4 is 10.3 Å². The second kappa shape index (κ2) is 8.26. The molecule has 0 saturated carbocycles. The Morgan fingerprint density at radius 1 is 1.31 bits per heavy atom. The highest BCUT2D eigenvalue weighted by Gasteiger charge is 2.14. The summed E-state index contributed by atoms with van der Waals surface area (Å²) in [5.41, 5.74) is 1.12. The maximum atomic E-state index is 13.1. The molecular weight excluding hydrogens is 370 g/mol. The molecule has 1 aromatic heterocycles. The first kappa shape index (κ1) is 18.3. The fraction of sp³-hybridized carbons (Fsp3) is 0.211. The number of hydrogen-bond acceptors (Lipinski definition) is 5. The van der Waals surface area contributed by atoms with E-state index in [1.54, 1.807) is 35.9 Å². The van der Waals surface area contributed by atoms with E-state index >= 15 is 0 Å². The highest BCUT2D eigenvalue weighted by atomic mass is 35.5. The van der Waals surface area contributed by atoms with E-state index < -0.39 is 0 Å². The van der Waals surface area contributed by atoms with Gasteiger partial charge in [0.15, 0.2) is 5.16 Å². The molecule has 1 heterocycles. The fourth-order valence-electron chi connectivity index (χ4n) is 2.55. The van der Waals surface area contributed by atoms with Gasteiger partial charge < -0.3 is 4.74 Å². The number of unbranched alkanes of at least 4 members (excludes halogenated alkanes) is 1. The van der Waals surface area contributed by atoms with Gasteiger partial charge in [-0.1, -0.05) is 35.5 Å². The van der Waals surface area contributed by atoms with Gasteiger partial charge in [0.1, 0.15) is 5.75 Å². The maximum Gasteiger partial charge on any atom is 0.266 e. The molecule has 7 heteroatoms. The molecule has 0 amide bonds. The number of thioether (sulfide) groups is 1. The van der Waals surface area contributed by atoms with Crippen LogP contribution in [0.15, 0.2) is 52.4 Å². The van der Waals surface area contributed by atoms with E-state index in [4.69, 9.17) is 21.6 Å². The number of fused-ring (bicyclic) bond motifs is 1. The molecule has 0 spiro atoms. The number of nitrogens with zero attached hydrogens (tertiary/aromatic N) is 3. The van der Waals surface area contributed by atoms with Gasteiger partial charge in [0.2, 0.25) is 0 Å². The van der Waals surface area contributed by atoms with Crippen LogP contribution >= 0.6 is 23.4 Å². The molecule has 0 bridgehead atoms. The van der Waals surface area contributed by atoms with Crippen molar-refractivity contribution < 1.29 is 4.74 Å². The Bertz CT molecular complexity index is 1040. The molecule has 0 atom stereocenters. The quantitative estimate of drug-likeness (QED) is 0.356. The van der Waals surface area contributed by atoms with Gasteiger partial charge in [-0.15, -0.1) is 0 Å². The fourth-order valence-corrected chi connectivity index (χ4v) is 3.75. The summed E-state index contributed by atoms with van der Waals surface area (Å²) in [6.07, 6.45) is 1.20. The highest BCUT2D eigenvalue weighted by molar-refractivity contribution is 7.99. The van der Waals surface area contributed by atoms with Crippen molar-refractivity contribution in [2.45, 2.75) is 18.0 Å². The van der Waals surface area contributed by atoms with Crippen LogP contribution in [0.3, 0.4) is 0 Å². The summed E-state index contributed by atoms with van der Waals surface area (Å²) in [6, 6.07) is 14.6. The normalized spacial score (nSPS) is 10.7. The number of aromatic nitrogens is 2. The SMILES string of the molecule is COc1ccc(-n2c(SCCCC#N)nc3ccccc3c2=O)cc1Cl. The molecule has 0 saturated heterocycles. The zero-order chi connectivity index (χ0) is 18.5. The largest absolute Gasteiger partial charge is 0.495 e. The van der Waals surface area contributed by atoms with Gasteiger partial charge in [0.05, 0.1) is 34.8 Å². The van der Waals surface area contributed by atoms with Crippen LogP contribution in [0.4, 0.5) is 0 Å². The molecule has 0 unspecified atom stereocenters. The monoisotopic (exact) mass is 385 g/mol.